The van der Waals surface area contributed by atoms with Crippen LogP contribution in [-0.2, 0) is 0 Å². The minimum atomic E-state index is -0.604. The second kappa shape index (κ2) is 4.37. The quantitative estimate of drug-likeness (QED) is 0.761. The number of hydrogen-bond acceptors (Lipinski definition) is 6. The van der Waals surface area contributed by atoms with Crippen molar-refractivity contribution in [2.24, 2.45) is 5.73 Å². The Morgan fingerprint density at radius 1 is 1.21 bits per heavy atom. The van der Waals surface area contributed by atoms with Crippen LogP contribution in [0.4, 0.5) is 0 Å². The Hall–Kier alpha value is -2.96. The van der Waals surface area contributed by atoms with E-state index in [0.717, 1.165) is 0 Å². The van der Waals surface area contributed by atoms with Gasteiger partial charge in [0.15, 0.2) is 0 Å². The van der Waals surface area contributed by atoms with Crippen LogP contribution in [0.2, 0.25) is 0 Å². The Kier molecular flexibility index (Phi) is 2.57. The molecule has 2 heterocycles. The van der Waals surface area contributed by atoms with Gasteiger partial charge in [0.1, 0.15) is 22.3 Å². The van der Waals surface area contributed by atoms with Gasteiger partial charge < -0.3 is 10.5 Å². The van der Waals surface area contributed by atoms with Crippen molar-refractivity contribution in [3.63, 3.8) is 0 Å². The maximum absolute atomic E-state index is 11.2. The highest BCUT2D eigenvalue weighted by molar-refractivity contribution is 5.95. The van der Waals surface area contributed by atoms with E-state index in [1.54, 1.807) is 30.3 Å². The molecule has 0 unspecified atom stereocenters. The van der Waals surface area contributed by atoms with Crippen LogP contribution in [0.5, 0.6) is 11.6 Å². The zero-order valence-corrected chi connectivity index (χ0v) is 9.61. The lowest BCUT2D eigenvalue weighted by molar-refractivity contribution is 0.0997. The second-order valence-electron chi connectivity index (χ2n) is 3.74. The number of rotatable bonds is 3. The number of carbonyl (C=O) groups is 1. The fraction of sp³-hybridized carbons (Fsp3) is 0. The molecule has 7 heteroatoms. The number of benzene rings is 1. The predicted molar refractivity (Wildman–Crippen MR) is 64.6 cm³/mol. The molecule has 0 aliphatic heterocycles. The summed E-state index contributed by atoms with van der Waals surface area (Å²) in [5.74, 6) is 0.00230. The molecule has 0 spiro atoms. The van der Waals surface area contributed by atoms with E-state index in [-0.39, 0.29) is 11.4 Å². The molecule has 0 saturated carbocycles. The molecule has 94 valence electrons. The van der Waals surface area contributed by atoms with E-state index in [9.17, 15) is 4.79 Å². The molecule has 0 bridgehead atoms. The summed E-state index contributed by atoms with van der Waals surface area (Å²) >= 11 is 0. The van der Waals surface area contributed by atoms with E-state index in [1.807, 2.05) is 0 Å². The summed E-state index contributed by atoms with van der Waals surface area (Å²) < 4.78 is 10.1. The summed E-state index contributed by atoms with van der Waals surface area (Å²) in [6.07, 6.45) is 1.51. The lowest BCUT2D eigenvalue weighted by atomic mass is 10.2. The number of nitrogens with two attached hydrogens (primary N) is 1. The zero-order chi connectivity index (χ0) is 13.2. The number of amides is 1. The third-order valence-electron chi connectivity index (χ3n) is 2.48. The van der Waals surface area contributed by atoms with Crippen molar-refractivity contribution in [1.82, 2.24) is 15.3 Å². The fourth-order valence-corrected chi connectivity index (χ4v) is 1.60. The van der Waals surface area contributed by atoms with Crippen LogP contribution in [-0.4, -0.2) is 21.2 Å². The van der Waals surface area contributed by atoms with Crippen molar-refractivity contribution >= 4 is 16.9 Å². The predicted octanol–water partition coefficient (Wildman–Crippen LogP) is 1.51. The fourth-order valence-electron chi connectivity index (χ4n) is 1.60. The van der Waals surface area contributed by atoms with E-state index in [4.69, 9.17) is 10.5 Å². The maximum atomic E-state index is 11.2. The topological polar surface area (TPSA) is 104 Å². The first kappa shape index (κ1) is 11.1. The Balaban J connectivity index is 1.98. The molecule has 1 amide bonds. The normalized spacial score (nSPS) is 10.5. The number of ether oxygens (including phenoxy) is 1. The SMILES string of the molecule is NC(=O)c1cccnc1Oc1ccc2nonc2c1. The van der Waals surface area contributed by atoms with Crippen LogP contribution in [0.25, 0.3) is 11.0 Å². The molecule has 0 aliphatic carbocycles. The first-order valence-electron chi connectivity index (χ1n) is 5.39. The average Bonchev–Trinajstić information content (AvgIpc) is 2.86. The van der Waals surface area contributed by atoms with Gasteiger partial charge in [0.2, 0.25) is 5.88 Å². The highest BCUT2D eigenvalue weighted by Crippen LogP contribution is 2.25. The molecular formula is C12H8N4O3. The number of fused-ring (bicyclic) bond motifs is 1. The van der Waals surface area contributed by atoms with Crippen LogP contribution < -0.4 is 10.5 Å². The molecule has 7 nitrogen and oxygen atoms in total. The molecule has 0 atom stereocenters. The van der Waals surface area contributed by atoms with Crippen molar-refractivity contribution in [3.8, 4) is 11.6 Å². The van der Waals surface area contributed by atoms with Gasteiger partial charge in [0, 0.05) is 12.3 Å². The molecule has 2 aromatic heterocycles. The Labute approximate surface area is 107 Å². The van der Waals surface area contributed by atoms with Gasteiger partial charge in [-0.15, -0.1) is 0 Å². The third kappa shape index (κ3) is 2.08. The highest BCUT2D eigenvalue weighted by atomic mass is 16.6. The number of nitrogens with zero attached hydrogens (tertiary/aromatic N) is 3. The highest BCUT2D eigenvalue weighted by Gasteiger charge is 2.11. The van der Waals surface area contributed by atoms with Gasteiger partial charge >= 0.3 is 0 Å². The third-order valence-corrected chi connectivity index (χ3v) is 2.48. The van der Waals surface area contributed by atoms with Gasteiger partial charge in [0.25, 0.3) is 5.91 Å². The van der Waals surface area contributed by atoms with Crippen LogP contribution in [0, 0.1) is 0 Å². The molecular weight excluding hydrogens is 248 g/mol. The lowest BCUT2D eigenvalue weighted by Gasteiger charge is -2.06. The number of primary amides is 1. The standard InChI is InChI=1S/C12H8N4O3/c13-11(17)8-2-1-5-14-12(8)18-7-3-4-9-10(6-7)16-19-15-9/h1-6H,(H2,13,17). The molecule has 0 aliphatic rings. The van der Waals surface area contributed by atoms with Gasteiger partial charge in [-0.1, -0.05) is 0 Å². The first-order valence-corrected chi connectivity index (χ1v) is 5.39. The monoisotopic (exact) mass is 256 g/mol. The summed E-state index contributed by atoms with van der Waals surface area (Å²) in [4.78, 5) is 15.2. The molecule has 0 radical (unpaired) electrons. The van der Waals surface area contributed by atoms with Gasteiger partial charge in [0.05, 0.1) is 0 Å². The van der Waals surface area contributed by atoms with Crippen LogP contribution >= 0.6 is 0 Å². The largest absolute Gasteiger partial charge is 0.438 e. The minimum absolute atomic E-state index is 0.144. The van der Waals surface area contributed by atoms with Crippen LogP contribution in [0.1, 0.15) is 10.4 Å². The van der Waals surface area contributed by atoms with Gasteiger partial charge in [-0.25, -0.2) is 9.61 Å². The van der Waals surface area contributed by atoms with E-state index < -0.39 is 5.91 Å². The van der Waals surface area contributed by atoms with E-state index in [0.29, 0.717) is 16.8 Å². The molecule has 0 saturated heterocycles. The summed E-state index contributed by atoms with van der Waals surface area (Å²) in [6, 6.07) is 8.14. The molecule has 3 aromatic rings. The Morgan fingerprint density at radius 3 is 2.89 bits per heavy atom. The zero-order valence-electron chi connectivity index (χ0n) is 9.61. The van der Waals surface area contributed by atoms with E-state index in [1.165, 1.54) is 6.20 Å². The van der Waals surface area contributed by atoms with Gasteiger partial charge in [-0.3, -0.25) is 4.79 Å². The summed E-state index contributed by atoms with van der Waals surface area (Å²) in [5, 5.41) is 7.38. The summed E-state index contributed by atoms with van der Waals surface area (Å²) in [7, 11) is 0. The number of carbonyl (C=O) groups excluding carboxylic acids is 1. The summed E-state index contributed by atoms with van der Waals surface area (Å²) in [6.45, 7) is 0. The number of aromatic nitrogens is 3. The maximum Gasteiger partial charge on any atom is 0.254 e. The van der Waals surface area contributed by atoms with Crippen molar-refractivity contribution in [3.05, 3.63) is 42.1 Å². The average molecular weight is 256 g/mol. The smallest absolute Gasteiger partial charge is 0.254 e. The first-order chi connectivity index (χ1) is 9.24. The number of pyridine rings is 1. The van der Waals surface area contributed by atoms with Crippen molar-refractivity contribution in [1.29, 1.82) is 0 Å². The van der Waals surface area contributed by atoms with Gasteiger partial charge in [-0.2, -0.15) is 0 Å². The lowest BCUT2D eigenvalue weighted by Crippen LogP contribution is -2.12. The number of hydrogen-bond donors (Lipinski definition) is 1. The van der Waals surface area contributed by atoms with Crippen LogP contribution in [0.3, 0.4) is 0 Å². The van der Waals surface area contributed by atoms with E-state index >= 15 is 0 Å². The molecule has 1 aromatic carbocycles. The van der Waals surface area contributed by atoms with E-state index in [2.05, 4.69) is 19.9 Å². The molecule has 2 N–H and O–H groups in total. The minimum Gasteiger partial charge on any atom is -0.438 e. The Morgan fingerprint density at radius 2 is 2.05 bits per heavy atom. The second-order valence-corrected chi connectivity index (χ2v) is 3.74. The molecule has 0 fully saturated rings. The van der Waals surface area contributed by atoms with Crippen molar-refractivity contribution in [2.45, 2.75) is 0 Å². The molecule has 19 heavy (non-hydrogen) atoms. The van der Waals surface area contributed by atoms with Crippen molar-refractivity contribution < 1.29 is 14.2 Å². The van der Waals surface area contributed by atoms with Gasteiger partial charge in [-0.05, 0) is 34.6 Å². The summed E-state index contributed by atoms with van der Waals surface area (Å²) in [5.41, 5.74) is 6.62. The molecule has 3 rings (SSSR count). The van der Waals surface area contributed by atoms with Crippen molar-refractivity contribution in [2.75, 3.05) is 0 Å². The van der Waals surface area contributed by atoms with Crippen LogP contribution in [0.15, 0.2) is 41.2 Å². The Bertz CT molecular complexity index is 753.